The molecule has 0 atom stereocenters. The summed E-state index contributed by atoms with van der Waals surface area (Å²) in [5.74, 6) is 0.115. The highest BCUT2D eigenvalue weighted by Gasteiger charge is 2.26. The van der Waals surface area contributed by atoms with E-state index in [1.807, 2.05) is 25.1 Å². The van der Waals surface area contributed by atoms with Gasteiger partial charge in [0.2, 0.25) is 0 Å². The maximum Gasteiger partial charge on any atom is 0.172 e. The zero-order chi connectivity index (χ0) is 14.5. The number of aryl methyl sites for hydroxylation is 1. The molecule has 0 unspecified atom stereocenters. The summed E-state index contributed by atoms with van der Waals surface area (Å²) in [4.78, 5) is 2.22. The van der Waals surface area contributed by atoms with Crippen LogP contribution in [0.15, 0.2) is 23.4 Å². The molecule has 5 heteroatoms. The molecule has 0 bridgehead atoms. The standard InChI is InChI=1S/C15H23N3O2/c1-11-5-4-8-13(15(16)17-20)14(11)18(9-10-19)12-6-2-3-7-12/h4-5,8,12,19-20H,2-3,6-7,9-10H2,1H3,(H2,16,17). The Kier molecular flexibility index (Phi) is 4.84. The number of hydrogen-bond donors (Lipinski definition) is 3. The van der Waals surface area contributed by atoms with Crippen molar-refractivity contribution in [3.05, 3.63) is 29.3 Å². The number of nitrogens with two attached hydrogens (primary N) is 1. The van der Waals surface area contributed by atoms with Crippen molar-refractivity contribution in [2.45, 2.75) is 38.6 Å². The Morgan fingerprint density at radius 2 is 2.10 bits per heavy atom. The minimum Gasteiger partial charge on any atom is -0.409 e. The fourth-order valence-electron chi connectivity index (χ4n) is 3.10. The van der Waals surface area contributed by atoms with Gasteiger partial charge in [0.15, 0.2) is 5.84 Å². The van der Waals surface area contributed by atoms with Gasteiger partial charge in [0.25, 0.3) is 0 Å². The van der Waals surface area contributed by atoms with Gasteiger partial charge in [-0.1, -0.05) is 30.1 Å². The fourth-order valence-corrected chi connectivity index (χ4v) is 3.10. The molecule has 0 heterocycles. The molecule has 0 aliphatic heterocycles. The molecule has 1 aromatic carbocycles. The molecule has 0 spiro atoms. The van der Waals surface area contributed by atoms with Crippen molar-refractivity contribution in [1.82, 2.24) is 0 Å². The first-order valence-electron chi connectivity index (χ1n) is 7.14. The predicted molar refractivity (Wildman–Crippen MR) is 80.4 cm³/mol. The lowest BCUT2D eigenvalue weighted by Crippen LogP contribution is -2.37. The van der Waals surface area contributed by atoms with Crippen molar-refractivity contribution in [3.8, 4) is 0 Å². The molecule has 2 rings (SSSR count). The van der Waals surface area contributed by atoms with Gasteiger partial charge in [0.1, 0.15) is 0 Å². The van der Waals surface area contributed by atoms with Crippen LogP contribution in [0, 0.1) is 6.92 Å². The third kappa shape index (κ3) is 2.88. The molecule has 5 nitrogen and oxygen atoms in total. The summed E-state index contributed by atoms with van der Waals surface area (Å²) in [6, 6.07) is 6.20. The first-order chi connectivity index (χ1) is 9.69. The molecule has 1 aliphatic carbocycles. The van der Waals surface area contributed by atoms with Crippen LogP contribution in [0.25, 0.3) is 0 Å². The normalized spacial score (nSPS) is 16.6. The lowest BCUT2D eigenvalue weighted by molar-refractivity contribution is 0.297. The molecule has 0 radical (unpaired) electrons. The van der Waals surface area contributed by atoms with Gasteiger partial charge in [-0.3, -0.25) is 0 Å². The molecule has 0 saturated heterocycles. The Morgan fingerprint density at radius 3 is 2.70 bits per heavy atom. The molecular weight excluding hydrogens is 254 g/mol. The summed E-state index contributed by atoms with van der Waals surface area (Å²) in [5.41, 5.74) is 8.59. The molecule has 110 valence electrons. The van der Waals surface area contributed by atoms with Gasteiger partial charge in [0, 0.05) is 18.2 Å². The Balaban J connectivity index is 2.45. The van der Waals surface area contributed by atoms with Crippen molar-refractivity contribution >= 4 is 11.5 Å². The number of amidine groups is 1. The van der Waals surface area contributed by atoms with Crippen LogP contribution in [-0.2, 0) is 0 Å². The summed E-state index contributed by atoms with van der Waals surface area (Å²) in [6.07, 6.45) is 4.70. The number of rotatable bonds is 5. The highest BCUT2D eigenvalue weighted by Crippen LogP contribution is 2.32. The van der Waals surface area contributed by atoms with Crippen LogP contribution in [0.4, 0.5) is 5.69 Å². The van der Waals surface area contributed by atoms with E-state index in [1.54, 1.807) is 0 Å². The summed E-state index contributed by atoms with van der Waals surface area (Å²) >= 11 is 0. The number of para-hydroxylation sites is 1. The quantitative estimate of drug-likeness (QED) is 0.332. The molecule has 0 amide bonds. The Hall–Kier alpha value is -1.75. The van der Waals surface area contributed by atoms with Crippen molar-refractivity contribution < 1.29 is 10.3 Å². The molecule has 20 heavy (non-hydrogen) atoms. The molecule has 0 aromatic heterocycles. The van der Waals surface area contributed by atoms with E-state index < -0.39 is 0 Å². The first-order valence-corrected chi connectivity index (χ1v) is 7.14. The third-order valence-electron chi connectivity index (χ3n) is 4.02. The number of aliphatic hydroxyl groups excluding tert-OH is 1. The smallest absolute Gasteiger partial charge is 0.172 e. The Morgan fingerprint density at radius 1 is 1.40 bits per heavy atom. The molecule has 1 aliphatic rings. The van der Waals surface area contributed by atoms with Crippen LogP contribution in [0.2, 0.25) is 0 Å². The predicted octanol–water partition coefficient (Wildman–Crippen LogP) is 1.83. The highest BCUT2D eigenvalue weighted by molar-refractivity contribution is 6.02. The molecule has 1 aromatic rings. The van der Waals surface area contributed by atoms with Gasteiger partial charge in [-0.25, -0.2) is 0 Å². The van der Waals surface area contributed by atoms with Crippen molar-refractivity contribution in [2.75, 3.05) is 18.1 Å². The Bertz CT molecular complexity index is 482. The monoisotopic (exact) mass is 277 g/mol. The number of oxime groups is 1. The Labute approximate surface area is 119 Å². The van der Waals surface area contributed by atoms with Crippen LogP contribution in [0.1, 0.15) is 36.8 Å². The number of nitrogens with zero attached hydrogens (tertiary/aromatic N) is 2. The zero-order valence-electron chi connectivity index (χ0n) is 11.9. The van der Waals surface area contributed by atoms with Gasteiger partial charge in [-0.2, -0.15) is 0 Å². The minimum absolute atomic E-state index is 0.0977. The van der Waals surface area contributed by atoms with Gasteiger partial charge >= 0.3 is 0 Å². The molecular formula is C15H23N3O2. The third-order valence-corrected chi connectivity index (χ3v) is 4.02. The average Bonchev–Trinajstić information content (AvgIpc) is 2.98. The van der Waals surface area contributed by atoms with Crippen LogP contribution in [-0.4, -0.2) is 35.3 Å². The number of hydrogen-bond acceptors (Lipinski definition) is 4. The van der Waals surface area contributed by atoms with Gasteiger partial charge < -0.3 is 20.9 Å². The van der Waals surface area contributed by atoms with E-state index >= 15 is 0 Å². The van der Waals surface area contributed by atoms with Crippen molar-refractivity contribution in [1.29, 1.82) is 0 Å². The SMILES string of the molecule is Cc1cccc(/C(N)=N/O)c1N(CCO)C1CCCC1. The lowest BCUT2D eigenvalue weighted by Gasteiger charge is -2.33. The summed E-state index contributed by atoms with van der Waals surface area (Å²) in [6.45, 7) is 2.69. The second-order valence-electron chi connectivity index (χ2n) is 5.31. The number of benzene rings is 1. The second kappa shape index (κ2) is 6.61. The minimum atomic E-state index is 0.0977. The van der Waals surface area contributed by atoms with E-state index in [1.165, 1.54) is 12.8 Å². The first kappa shape index (κ1) is 14.7. The van der Waals surface area contributed by atoms with E-state index in [0.717, 1.165) is 29.7 Å². The zero-order valence-corrected chi connectivity index (χ0v) is 11.9. The van der Waals surface area contributed by atoms with Crippen molar-refractivity contribution in [3.63, 3.8) is 0 Å². The van der Waals surface area contributed by atoms with E-state index in [0.29, 0.717) is 12.6 Å². The highest BCUT2D eigenvalue weighted by atomic mass is 16.4. The van der Waals surface area contributed by atoms with Crippen molar-refractivity contribution in [2.24, 2.45) is 10.9 Å². The van der Waals surface area contributed by atoms with Crippen LogP contribution >= 0.6 is 0 Å². The summed E-state index contributed by atoms with van der Waals surface area (Å²) in [5, 5.41) is 21.5. The van der Waals surface area contributed by atoms with Gasteiger partial charge in [0.05, 0.1) is 12.3 Å². The molecule has 1 saturated carbocycles. The maximum absolute atomic E-state index is 9.38. The van der Waals surface area contributed by atoms with Crippen LogP contribution in [0.3, 0.4) is 0 Å². The number of aliphatic hydroxyl groups is 1. The van der Waals surface area contributed by atoms with Gasteiger partial charge in [-0.05, 0) is 31.4 Å². The average molecular weight is 277 g/mol. The molecule has 4 N–H and O–H groups in total. The van der Waals surface area contributed by atoms with E-state index in [-0.39, 0.29) is 12.4 Å². The van der Waals surface area contributed by atoms with E-state index in [9.17, 15) is 5.11 Å². The topological polar surface area (TPSA) is 82.1 Å². The van der Waals surface area contributed by atoms with E-state index in [4.69, 9.17) is 10.9 Å². The van der Waals surface area contributed by atoms with E-state index in [2.05, 4.69) is 10.1 Å². The van der Waals surface area contributed by atoms with Crippen LogP contribution in [0.5, 0.6) is 0 Å². The summed E-state index contributed by atoms with van der Waals surface area (Å²) in [7, 11) is 0. The van der Waals surface area contributed by atoms with Gasteiger partial charge in [-0.15, -0.1) is 0 Å². The lowest BCUT2D eigenvalue weighted by atomic mass is 10.0. The second-order valence-corrected chi connectivity index (χ2v) is 5.31. The maximum atomic E-state index is 9.38. The van der Waals surface area contributed by atoms with Crippen LogP contribution < -0.4 is 10.6 Å². The fraction of sp³-hybridized carbons (Fsp3) is 0.533. The molecule has 1 fully saturated rings. The summed E-state index contributed by atoms with van der Waals surface area (Å²) < 4.78 is 0. The largest absolute Gasteiger partial charge is 0.409 e. The number of anilines is 1.